The number of aromatic carboxylic acids is 1. The van der Waals surface area contributed by atoms with Crippen LogP contribution >= 0.6 is 0 Å². The molecule has 0 aliphatic carbocycles. The number of nitrogens with zero attached hydrogens (tertiary/aromatic N) is 1. The van der Waals surface area contributed by atoms with Gasteiger partial charge in [0.1, 0.15) is 12.4 Å². The Labute approximate surface area is 225 Å². The molecule has 1 heterocycles. The molecule has 0 atom stereocenters. The van der Waals surface area contributed by atoms with E-state index in [-0.39, 0.29) is 100 Å². The van der Waals surface area contributed by atoms with Crippen molar-refractivity contribution in [3.05, 3.63) is 65.2 Å². The van der Waals surface area contributed by atoms with Crippen molar-refractivity contribution in [2.24, 2.45) is 0 Å². The Kier molecular flexibility index (Phi) is 13.5. The van der Waals surface area contributed by atoms with Gasteiger partial charge in [0.25, 0.3) is 0 Å². The molecule has 1 fully saturated rings. The minimum atomic E-state index is -0.997. The summed E-state index contributed by atoms with van der Waals surface area (Å²) in [4.78, 5) is 24.8. The Balaban J connectivity index is 0.00000225. The second-order valence-corrected chi connectivity index (χ2v) is 5.82. The van der Waals surface area contributed by atoms with E-state index in [9.17, 15) is 14.7 Å². The standard InChI is InChI=1S/C19H19NO4.3Na.3H/c21-18-7-4-10-20(18)12-16-9-8-15(19(22)23)11-17(16)24-13-14-5-2-1-3-6-14;;;;;;/h1-3,5-6,8-9,11H,4,7,10,12-13H2,(H,22,23);;;;;;. The molecule has 1 aliphatic heterocycles. The predicted molar refractivity (Wildman–Crippen MR) is 110 cm³/mol. The molecule has 0 spiro atoms. The van der Waals surface area contributed by atoms with Gasteiger partial charge in [0.15, 0.2) is 0 Å². The van der Waals surface area contributed by atoms with Crippen LogP contribution in [0.1, 0.15) is 34.3 Å². The number of ether oxygens (including phenoxy) is 1. The van der Waals surface area contributed by atoms with Crippen molar-refractivity contribution < 1.29 is 19.4 Å². The summed E-state index contributed by atoms with van der Waals surface area (Å²) in [7, 11) is 0. The number of hydrogen-bond acceptors (Lipinski definition) is 3. The summed E-state index contributed by atoms with van der Waals surface area (Å²) in [6.07, 6.45) is 1.44. The van der Waals surface area contributed by atoms with E-state index in [0.717, 1.165) is 24.1 Å². The number of carbonyl (C=O) groups excluding carboxylic acids is 1. The maximum absolute atomic E-state index is 11.8. The summed E-state index contributed by atoms with van der Waals surface area (Å²) >= 11 is 0. The molecule has 3 rings (SSSR count). The Bertz CT molecular complexity index is 756. The van der Waals surface area contributed by atoms with Crippen molar-refractivity contribution in [1.82, 2.24) is 4.90 Å². The quantitative estimate of drug-likeness (QED) is 0.743. The monoisotopic (exact) mass is 397 g/mol. The molecule has 1 N–H and O–H groups in total. The molecule has 27 heavy (non-hydrogen) atoms. The van der Waals surface area contributed by atoms with Crippen LogP contribution in [0.4, 0.5) is 0 Å². The molecule has 2 aromatic carbocycles. The third kappa shape index (κ3) is 7.84. The molecule has 0 bridgehead atoms. The molecular weight excluding hydrogens is 375 g/mol. The SMILES string of the molecule is O=C(O)c1ccc(CN2CCCC2=O)c(OCc2ccccc2)c1.[NaH].[NaH].[NaH]. The topological polar surface area (TPSA) is 66.8 Å². The Morgan fingerprint density at radius 3 is 2.37 bits per heavy atom. The van der Waals surface area contributed by atoms with E-state index in [0.29, 0.717) is 25.3 Å². The van der Waals surface area contributed by atoms with Crippen LogP contribution in [0.15, 0.2) is 48.5 Å². The van der Waals surface area contributed by atoms with E-state index in [1.54, 1.807) is 17.0 Å². The Hall–Kier alpha value is 0.180. The van der Waals surface area contributed by atoms with Crippen molar-refractivity contribution in [1.29, 1.82) is 0 Å². The average molecular weight is 397 g/mol. The van der Waals surface area contributed by atoms with Crippen LogP contribution in [-0.2, 0) is 17.9 Å². The molecule has 1 aliphatic rings. The van der Waals surface area contributed by atoms with Crippen LogP contribution in [0.5, 0.6) is 5.75 Å². The molecular formula is C19H22NNa3O4. The van der Waals surface area contributed by atoms with Gasteiger partial charge in [-0.3, -0.25) is 4.79 Å². The molecule has 1 amide bonds. The van der Waals surface area contributed by atoms with E-state index >= 15 is 0 Å². The van der Waals surface area contributed by atoms with Crippen molar-refractivity contribution in [2.75, 3.05) is 6.54 Å². The summed E-state index contributed by atoms with van der Waals surface area (Å²) in [6, 6.07) is 14.5. The molecule has 1 saturated heterocycles. The fourth-order valence-corrected chi connectivity index (χ4v) is 2.76. The van der Waals surface area contributed by atoms with Gasteiger partial charge >= 0.3 is 94.6 Å². The summed E-state index contributed by atoms with van der Waals surface area (Å²) in [5.74, 6) is -0.354. The molecule has 5 nitrogen and oxygen atoms in total. The van der Waals surface area contributed by atoms with Gasteiger partial charge in [-0.2, -0.15) is 0 Å². The molecule has 0 unspecified atom stereocenters. The van der Waals surface area contributed by atoms with Crippen LogP contribution < -0.4 is 4.74 Å². The average Bonchev–Trinajstić information content (AvgIpc) is 2.99. The Morgan fingerprint density at radius 2 is 1.78 bits per heavy atom. The zero-order chi connectivity index (χ0) is 16.9. The van der Waals surface area contributed by atoms with Crippen molar-refractivity contribution in [2.45, 2.75) is 26.0 Å². The number of carboxylic acid groups (broad SMARTS) is 1. The van der Waals surface area contributed by atoms with E-state index in [4.69, 9.17) is 4.74 Å². The van der Waals surface area contributed by atoms with Gasteiger partial charge in [-0.1, -0.05) is 36.4 Å². The van der Waals surface area contributed by atoms with E-state index in [1.165, 1.54) is 6.07 Å². The third-order valence-electron chi connectivity index (χ3n) is 4.08. The zero-order valence-corrected chi connectivity index (χ0v) is 13.3. The van der Waals surface area contributed by atoms with Gasteiger partial charge < -0.3 is 14.7 Å². The van der Waals surface area contributed by atoms with Crippen LogP contribution in [0.2, 0.25) is 0 Å². The fraction of sp³-hybridized carbons (Fsp3) is 0.263. The molecule has 0 saturated carbocycles. The number of carbonyl (C=O) groups is 2. The number of hydrogen-bond donors (Lipinski definition) is 1. The molecule has 130 valence electrons. The molecule has 2 aromatic rings. The van der Waals surface area contributed by atoms with Crippen molar-refractivity contribution in [3.8, 4) is 5.75 Å². The number of carboxylic acids is 1. The second kappa shape index (κ2) is 13.4. The number of likely N-dealkylation sites (tertiary alicyclic amines) is 1. The molecule has 0 radical (unpaired) electrons. The van der Waals surface area contributed by atoms with Gasteiger partial charge in [-0.25, -0.2) is 4.79 Å². The zero-order valence-electron chi connectivity index (χ0n) is 13.3. The summed E-state index contributed by atoms with van der Waals surface area (Å²) in [6.45, 7) is 1.53. The minimum absolute atomic E-state index is 0. The first-order valence-electron chi connectivity index (χ1n) is 7.94. The third-order valence-corrected chi connectivity index (χ3v) is 4.08. The van der Waals surface area contributed by atoms with Gasteiger partial charge in [0.05, 0.1) is 5.56 Å². The van der Waals surface area contributed by atoms with E-state index < -0.39 is 5.97 Å². The normalized spacial score (nSPS) is 12.4. The second-order valence-electron chi connectivity index (χ2n) is 5.82. The summed E-state index contributed by atoms with van der Waals surface area (Å²) < 4.78 is 5.86. The number of benzene rings is 2. The van der Waals surface area contributed by atoms with Crippen LogP contribution in [0.25, 0.3) is 0 Å². The molecule has 8 heteroatoms. The van der Waals surface area contributed by atoms with Crippen molar-refractivity contribution >= 4 is 101 Å². The van der Waals surface area contributed by atoms with Crippen LogP contribution in [-0.4, -0.2) is 117 Å². The first-order chi connectivity index (χ1) is 11.6. The van der Waals surface area contributed by atoms with Gasteiger partial charge in [-0.15, -0.1) is 0 Å². The Morgan fingerprint density at radius 1 is 1.07 bits per heavy atom. The van der Waals surface area contributed by atoms with Gasteiger partial charge in [-0.05, 0) is 24.1 Å². The van der Waals surface area contributed by atoms with Crippen LogP contribution in [0.3, 0.4) is 0 Å². The predicted octanol–water partition coefficient (Wildman–Crippen LogP) is 1.14. The van der Waals surface area contributed by atoms with E-state index in [2.05, 4.69) is 0 Å². The van der Waals surface area contributed by atoms with Crippen molar-refractivity contribution in [3.63, 3.8) is 0 Å². The number of rotatable bonds is 6. The molecule has 0 aromatic heterocycles. The fourth-order valence-electron chi connectivity index (χ4n) is 2.76. The van der Waals surface area contributed by atoms with Gasteiger partial charge in [0.2, 0.25) is 5.91 Å². The first kappa shape index (κ1) is 27.2. The van der Waals surface area contributed by atoms with Gasteiger partial charge in [0, 0.05) is 25.1 Å². The maximum atomic E-state index is 11.8. The summed E-state index contributed by atoms with van der Waals surface area (Å²) in [5, 5.41) is 9.19. The van der Waals surface area contributed by atoms with E-state index in [1.807, 2.05) is 30.3 Å². The van der Waals surface area contributed by atoms with Crippen LogP contribution in [0, 0.1) is 0 Å². The first-order valence-corrected chi connectivity index (χ1v) is 7.94. The number of amides is 1. The summed E-state index contributed by atoms with van der Waals surface area (Å²) in [5.41, 5.74) is 2.00.